The van der Waals surface area contributed by atoms with Gasteiger partial charge in [0.2, 0.25) is 5.91 Å². The molecule has 0 saturated carbocycles. The zero-order valence-electron chi connectivity index (χ0n) is 64.8. The maximum Gasteiger partial charge on any atom is 0.219 e. The number of nitrogens with zero attached hydrogens (tertiary/aromatic N) is 1. The largest absolute Gasteiger partial charge is 0.394 e. The molecule has 564 valence electrons. The summed E-state index contributed by atoms with van der Waals surface area (Å²) in [4.78, 5) is 92.6. The molecule has 3 rings (SSSR count). The average molecular weight is 1330 g/mol. The summed E-state index contributed by atoms with van der Waals surface area (Å²) in [5, 5.41) is 8.06. The number of nitrogens with two attached hydrogens (primary N) is 7. The van der Waals surface area contributed by atoms with E-state index < -0.39 is 0 Å². The fraction of sp³-hybridized carbons (Fsp3) is 0.662. The van der Waals surface area contributed by atoms with Gasteiger partial charge in [0.1, 0.15) is 67.9 Å². The summed E-state index contributed by atoms with van der Waals surface area (Å²) in [6.45, 7) is 64.6. The van der Waals surface area contributed by atoms with E-state index in [2.05, 4.69) is 206 Å². The van der Waals surface area contributed by atoms with Crippen LogP contribution in [0.15, 0.2) is 60.7 Å². The highest BCUT2D eigenvalue weighted by atomic mass is 16.3. The number of piperidine rings is 1. The summed E-state index contributed by atoms with van der Waals surface area (Å²) in [6.07, 6.45) is 12.3. The lowest BCUT2D eigenvalue weighted by atomic mass is 10.1. The van der Waals surface area contributed by atoms with Gasteiger partial charge in [0.25, 0.3) is 0 Å². The molecule has 0 spiro atoms. The van der Waals surface area contributed by atoms with Gasteiger partial charge in [-0.3, -0.25) is 4.79 Å². The van der Waals surface area contributed by atoms with E-state index in [1.807, 2.05) is 84.9 Å². The Morgan fingerprint density at radius 2 is 0.462 bits per heavy atom. The zero-order chi connectivity index (χ0) is 77.3. The summed E-state index contributed by atoms with van der Waals surface area (Å²) >= 11 is 0. The highest BCUT2D eigenvalue weighted by Gasteiger charge is 2.11. The number of likely N-dealkylation sites (tertiary alicyclic amines) is 1. The second-order valence-corrected chi connectivity index (χ2v) is 16.3. The van der Waals surface area contributed by atoms with Crippen molar-refractivity contribution in [2.45, 2.75) is 209 Å². The molecule has 23 nitrogen and oxygen atoms in total. The molecule has 0 aliphatic carbocycles. The number of benzene rings is 2. The molecular formula is C68H165N11O12. The number of aryl methyl sites for hydroxylation is 2. The summed E-state index contributed by atoms with van der Waals surface area (Å²) in [7, 11) is 10.5. The normalized spacial score (nSPS) is 7.51. The van der Waals surface area contributed by atoms with Crippen LogP contribution in [0.1, 0.15) is 201 Å². The van der Waals surface area contributed by atoms with Gasteiger partial charge in [0.05, 0.1) is 0 Å². The third-order valence-electron chi connectivity index (χ3n) is 8.39. The molecule has 2 aromatic carbocycles. The number of aliphatic hydroxyl groups excluding tert-OH is 1. The molecular weight excluding hydrogens is 1160 g/mol. The molecule has 1 amide bonds. The van der Waals surface area contributed by atoms with Crippen molar-refractivity contribution in [3.8, 4) is 0 Å². The first kappa shape index (κ1) is 172. The van der Waals surface area contributed by atoms with Crippen LogP contribution in [0.5, 0.6) is 0 Å². The first-order valence-corrected chi connectivity index (χ1v) is 29.2. The fourth-order valence-corrected chi connectivity index (χ4v) is 2.64. The number of carbonyl (C=O) groups is 11. The van der Waals surface area contributed by atoms with Crippen LogP contribution in [0.2, 0.25) is 0 Å². The van der Waals surface area contributed by atoms with Crippen LogP contribution >= 0.6 is 0 Å². The molecule has 24 N–H and O–H groups in total. The molecule has 0 bridgehead atoms. The lowest BCUT2D eigenvalue weighted by Crippen LogP contribution is -2.33. The molecule has 91 heavy (non-hydrogen) atoms. The zero-order valence-corrected chi connectivity index (χ0v) is 64.8. The van der Waals surface area contributed by atoms with E-state index in [9.17, 15) is 4.79 Å². The molecule has 1 aliphatic heterocycles. The third kappa shape index (κ3) is 434. The Bertz CT molecular complexity index is 1010. The maximum absolute atomic E-state index is 10.7. The molecule has 0 unspecified atom stereocenters. The fourth-order valence-electron chi connectivity index (χ4n) is 2.64. The number of amides is 1. The number of carbonyl (C=O) groups excluding carboxylic acids is 11. The summed E-state index contributed by atoms with van der Waals surface area (Å²) in [5.41, 5.74) is 34.3. The van der Waals surface area contributed by atoms with Crippen molar-refractivity contribution in [3.63, 3.8) is 0 Å². The maximum atomic E-state index is 10.7. The monoisotopic (exact) mass is 1330 g/mol. The minimum atomic E-state index is -0.167. The number of aliphatic hydroxyl groups is 1. The quantitative estimate of drug-likeness (QED) is 0.123. The van der Waals surface area contributed by atoms with Gasteiger partial charge in [0.15, 0.2) is 0 Å². The molecule has 2 aromatic rings. The second kappa shape index (κ2) is 273. The smallest absolute Gasteiger partial charge is 0.219 e. The van der Waals surface area contributed by atoms with Crippen LogP contribution in [0.4, 0.5) is 0 Å². The number of hydrogen-bond donors (Lipinski definition) is 11. The van der Waals surface area contributed by atoms with Gasteiger partial charge < -0.3 is 117 Å². The van der Waals surface area contributed by atoms with E-state index in [0.717, 1.165) is 55.5 Å². The van der Waals surface area contributed by atoms with Crippen LogP contribution in [0.25, 0.3) is 0 Å². The van der Waals surface area contributed by atoms with E-state index in [1.54, 1.807) is 20.8 Å². The summed E-state index contributed by atoms with van der Waals surface area (Å²) in [6, 6.07) is 20.9. The molecule has 23 heteroatoms. The van der Waals surface area contributed by atoms with Gasteiger partial charge in [-0.2, -0.15) is 0 Å². The highest BCUT2D eigenvalue weighted by Crippen LogP contribution is 2.07. The SMILES string of the molecule is C=O.C=O.C=O.C=O.C=O.C=O.C=O.C=O.C=O.C=O.CC(=O)N1CCCCC1.CC(C)O.CCC(C)C.CCC(C)C.CCC(C)C.CCC(C)C.CCC(C)C.CCc1ccccc1.CCc1ccccc1.CN.CN.CN.CN.CN.CN.CN.N.N.N. The minimum absolute atomic E-state index is 0. The summed E-state index contributed by atoms with van der Waals surface area (Å²) in [5.74, 6) is 4.65. The first-order valence-electron chi connectivity index (χ1n) is 29.2. The first-order chi connectivity index (χ1) is 42.3. The minimum Gasteiger partial charge on any atom is -0.394 e. The second-order valence-electron chi connectivity index (χ2n) is 16.3. The molecule has 1 fully saturated rings. The highest BCUT2D eigenvalue weighted by molar-refractivity contribution is 5.73. The average Bonchev–Trinajstić information content (AvgIpc) is 3.63. The van der Waals surface area contributed by atoms with Crippen molar-refractivity contribution in [1.82, 2.24) is 23.4 Å². The van der Waals surface area contributed by atoms with E-state index >= 15 is 0 Å². The van der Waals surface area contributed by atoms with Gasteiger partial charge in [-0.15, -0.1) is 0 Å². The Morgan fingerprint density at radius 3 is 0.527 bits per heavy atom. The van der Waals surface area contributed by atoms with Gasteiger partial charge >= 0.3 is 0 Å². The molecule has 1 aliphatic rings. The van der Waals surface area contributed by atoms with Crippen molar-refractivity contribution in [2.24, 2.45) is 69.7 Å². The van der Waals surface area contributed by atoms with Gasteiger partial charge in [0, 0.05) is 26.1 Å². The lowest BCUT2D eigenvalue weighted by Gasteiger charge is -2.24. The third-order valence-corrected chi connectivity index (χ3v) is 8.39. The topological polar surface area (TPSA) is 498 Å². The van der Waals surface area contributed by atoms with Crippen molar-refractivity contribution in [2.75, 3.05) is 62.4 Å². The van der Waals surface area contributed by atoms with Crippen molar-refractivity contribution < 1.29 is 57.8 Å². The van der Waals surface area contributed by atoms with Gasteiger partial charge in [-0.05, 0) is 136 Å². The van der Waals surface area contributed by atoms with E-state index in [4.69, 9.17) is 53.1 Å². The Hall–Kier alpha value is -5.83. The van der Waals surface area contributed by atoms with Crippen LogP contribution in [0, 0.1) is 29.6 Å². The van der Waals surface area contributed by atoms with Crippen molar-refractivity contribution in [3.05, 3.63) is 71.8 Å². The molecule has 0 atom stereocenters. The van der Waals surface area contributed by atoms with Gasteiger partial charge in [-0.1, -0.05) is 210 Å². The number of hydrogen-bond acceptors (Lipinski definition) is 22. The van der Waals surface area contributed by atoms with E-state index in [-0.39, 0.29) is 30.5 Å². The molecule has 0 aromatic heterocycles. The molecule has 1 saturated heterocycles. The Balaban J connectivity index is -0.0000000206. The van der Waals surface area contributed by atoms with Crippen LogP contribution in [-0.2, 0) is 65.6 Å². The van der Waals surface area contributed by atoms with Crippen LogP contribution in [0.3, 0.4) is 0 Å². The Kier molecular flexibility index (Phi) is 517. The standard InChI is InChI=1S/2C8H10.C7H13NO.5C5H12.C3H8O.7CH5N.10CH2O.3H3N/c2*1-2-8-6-4-3-5-7-8;1-7(9)8-5-3-2-4-6-8;5*1-4-5(2)3;1-3(2)4;17*1-2;;;/h2*3-7H,2H2,1H3;2-6H2,1H3;5*5H,4H2,1-3H3;3-4H,1-2H3;7*2H2,1H3;10*1H2;3*1H3. The van der Waals surface area contributed by atoms with E-state index in [0.29, 0.717) is 0 Å². The van der Waals surface area contributed by atoms with Crippen LogP contribution in [-0.4, -0.2) is 152 Å². The molecule has 1 heterocycles. The van der Waals surface area contributed by atoms with E-state index in [1.165, 1.54) is 112 Å². The van der Waals surface area contributed by atoms with Gasteiger partial charge in [-0.25, -0.2) is 0 Å². The Morgan fingerprint density at radius 1 is 0.341 bits per heavy atom. The van der Waals surface area contributed by atoms with Crippen molar-refractivity contribution >= 4 is 73.8 Å². The summed E-state index contributed by atoms with van der Waals surface area (Å²) < 4.78 is 0. The van der Waals surface area contributed by atoms with Crippen molar-refractivity contribution in [1.29, 1.82) is 0 Å². The predicted molar refractivity (Wildman–Crippen MR) is 408 cm³/mol. The predicted octanol–water partition coefficient (Wildman–Crippen LogP) is 11.8. The Labute approximate surface area is 565 Å². The number of rotatable bonds is 7. The molecule has 0 radical (unpaired) electrons. The van der Waals surface area contributed by atoms with Crippen LogP contribution < -0.4 is 58.6 Å². The lowest BCUT2D eigenvalue weighted by molar-refractivity contribution is -0.129.